The molecule has 0 aliphatic carbocycles. The van der Waals surface area contributed by atoms with Gasteiger partial charge >= 0.3 is 0 Å². The lowest BCUT2D eigenvalue weighted by molar-refractivity contribution is 0.134. The highest BCUT2D eigenvalue weighted by Crippen LogP contribution is 2.13. The average Bonchev–Trinajstić information content (AvgIpc) is 2.36. The monoisotopic (exact) mass is 156 g/mol. The van der Waals surface area contributed by atoms with E-state index >= 15 is 0 Å². The molecule has 1 aromatic heterocycles. The molecule has 4 nitrogen and oxygen atoms in total. The Labute approximate surface area is 65.1 Å². The minimum Gasteiger partial charge on any atom is -0.396 e. The molecule has 0 spiro atoms. The number of aliphatic hydroxyl groups is 2. The number of aliphatic hydroxyl groups excluding tert-OH is 2. The molecule has 62 valence electrons. The van der Waals surface area contributed by atoms with E-state index in [0.29, 0.717) is 6.42 Å². The van der Waals surface area contributed by atoms with Crippen LogP contribution in [0.25, 0.3) is 0 Å². The number of aryl methyl sites for hydroxylation is 1. The molecule has 0 saturated heterocycles. The van der Waals surface area contributed by atoms with E-state index in [1.54, 1.807) is 24.1 Å². The van der Waals surface area contributed by atoms with Crippen molar-refractivity contribution in [2.24, 2.45) is 7.05 Å². The molecule has 0 bridgehead atoms. The van der Waals surface area contributed by atoms with Crippen LogP contribution < -0.4 is 0 Å². The Morgan fingerprint density at radius 1 is 1.73 bits per heavy atom. The van der Waals surface area contributed by atoms with Gasteiger partial charge in [0.2, 0.25) is 0 Å². The molecule has 0 amide bonds. The van der Waals surface area contributed by atoms with E-state index in [4.69, 9.17) is 5.11 Å². The van der Waals surface area contributed by atoms with Crippen LogP contribution in [0, 0.1) is 0 Å². The number of nitrogens with zero attached hydrogens (tertiary/aromatic N) is 2. The van der Waals surface area contributed by atoms with E-state index < -0.39 is 6.10 Å². The fourth-order valence-electron chi connectivity index (χ4n) is 0.901. The molecule has 1 aromatic rings. The molecule has 0 unspecified atom stereocenters. The van der Waals surface area contributed by atoms with Crippen LogP contribution in [-0.2, 0) is 7.05 Å². The first kappa shape index (κ1) is 8.23. The second-order valence-electron chi connectivity index (χ2n) is 2.48. The second-order valence-corrected chi connectivity index (χ2v) is 2.48. The number of rotatable bonds is 3. The first-order chi connectivity index (χ1) is 5.24. The molecule has 2 N–H and O–H groups in total. The maximum absolute atomic E-state index is 9.32. The molecule has 0 aromatic carbocycles. The van der Waals surface area contributed by atoms with Crippen LogP contribution in [0.15, 0.2) is 12.4 Å². The summed E-state index contributed by atoms with van der Waals surface area (Å²) >= 11 is 0. The van der Waals surface area contributed by atoms with E-state index in [1.165, 1.54) is 0 Å². The van der Waals surface area contributed by atoms with Gasteiger partial charge in [0.25, 0.3) is 0 Å². The molecule has 11 heavy (non-hydrogen) atoms. The van der Waals surface area contributed by atoms with E-state index in [9.17, 15) is 5.11 Å². The van der Waals surface area contributed by atoms with Crippen molar-refractivity contribution in [3.8, 4) is 0 Å². The van der Waals surface area contributed by atoms with Gasteiger partial charge in [0, 0.05) is 31.8 Å². The van der Waals surface area contributed by atoms with E-state index in [-0.39, 0.29) is 6.61 Å². The van der Waals surface area contributed by atoms with Gasteiger partial charge in [-0.3, -0.25) is 4.68 Å². The Balaban J connectivity index is 2.60. The summed E-state index contributed by atoms with van der Waals surface area (Å²) < 4.78 is 1.62. The predicted octanol–water partition coefficient (Wildman–Crippen LogP) is -0.164. The van der Waals surface area contributed by atoms with Gasteiger partial charge in [-0.1, -0.05) is 0 Å². The van der Waals surface area contributed by atoms with Crippen molar-refractivity contribution < 1.29 is 10.2 Å². The first-order valence-corrected chi connectivity index (χ1v) is 3.51. The highest BCUT2D eigenvalue weighted by Gasteiger charge is 2.07. The highest BCUT2D eigenvalue weighted by molar-refractivity contribution is 5.07. The lowest BCUT2D eigenvalue weighted by atomic mass is 10.1. The van der Waals surface area contributed by atoms with Crippen molar-refractivity contribution in [3.05, 3.63) is 18.0 Å². The molecule has 1 heterocycles. The quantitative estimate of drug-likeness (QED) is 0.639. The molecule has 4 heteroatoms. The zero-order chi connectivity index (χ0) is 8.27. The largest absolute Gasteiger partial charge is 0.396 e. The van der Waals surface area contributed by atoms with Gasteiger partial charge in [-0.15, -0.1) is 0 Å². The van der Waals surface area contributed by atoms with Gasteiger partial charge in [0.15, 0.2) is 0 Å². The Hall–Kier alpha value is -0.870. The Kier molecular flexibility index (Phi) is 2.62. The van der Waals surface area contributed by atoms with Crippen molar-refractivity contribution in [1.29, 1.82) is 0 Å². The smallest absolute Gasteiger partial charge is 0.0842 e. The normalized spacial score (nSPS) is 13.4. The van der Waals surface area contributed by atoms with Crippen LogP contribution in [0.3, 0.4) is 0 Å². The van der Waals surface area contributed by atoms with Crippen molar-refractivity contribution in [2.45, 2.75) is 12.5 Å². The second kappa shape index (κ2) is 3.50. The minimum absolute atomic E-state index is 0.00391. The molecule has 0 fully saturated rings. The molecule has 1 atom stereocenters. The van der Waals surface area contributed by atoms with E-state index in [1.807, 2.05) is 0 Å². The van der Waals surface area contributed by atoms with Crippen LogP contribution in [0.5, 0.6) is 0 Å². The Morgan fingerprint density at radius 3 is 2.91 bits per heavy atom. The maximum atomic E-state index is 9.32. The summed E-state index contributed by atoms with van der Waals surface area (Å²) in [7, 11) is 1.79. The van der Waals surface area contributed by atoms with Gasteiger partial charge < -0.3 is 10.2 Å². The van der Waals surface area contributed by atoms with E-state index in [0.717, 1.165) is 5.56 Å². The number of aromatic nitrogens is 2. The minimum atomic E-state index is -0.589. The SMILES string of the molecule is Cn1cc([C@H](O)CCO)cn1. The predicted molar refractivity (Wildman–Crippen MR) is 39.9 cm³/mol. The Bertz CT molecular complexity index is 222. The van der Waals surface area contributed by atoms with Gasteiger partial charge in [0.1, 0.15) is 0 Å². The summed E-state index contributed by atoms with van der Waals surface area (Å²) in [5.41, 5.74) is 0.751. The molecule has 1 rings (SSSR count). The summed E-state index contributed by atoms with van der Waals surface area (Å²) in [5, 5.41) is 21.7. The fourth-order valence-corrected chi connectivity index (χ4v) is 0.901. The van der Waals surface area contributed by atoms with Gasteiger partial charge in [-0.05, 0) is 0 Å². The summed E-state index contributed by atoms with van der Waals surface area (Å²) in [6.07, 6.45) is 3.11. The lowest BCUT2D eigenvalue weighted by Crippen LogP contribution is -1.98. The van der Waals surface area contributed by atoms with Gasteiger partial charge in [0.05, 0.1) is 12.3 Å². The third-order valence-corrected chi connectivity index (χ3v) is 1.51. The molecule has 0 aliphatic rings. The van der Waals surface area contributed by atoms with Crippen molar-refractivity contribution >= 4 is 0 Å². The third-order valence-electron chi connectivity index (χ3n) is 1.51. The zero-order valence-corrected chi connectivity index (χ0v) is 6.44. The summed E-state index contributed by atoms with van der Waals surface area (Å²) in [4.78, 5) is 0. The third kappa shape index (κ3) is 2.03. The van der Waals surface area contributed by atoms with Crippen molar-refractivity contribution in [3.63, 3.8) is 0 Å². The van der Waals surface area contributed by atoms with Crippen LogP contribution in [0.1, 0.15) is 18.1 Å². The number of hydrogen-bond acceptors (Lipinski definition) is 3. The van der Waals surface area contributed by atoms with Crippen LogP contribution in [-0.4, -0.2) is 26.6 Å². The topological polar surface area (TPSA) is 58.3 Å². The molecule has 0 saturated carbocycles. The molecular weight excluding hydrogens is 144 g/mol. The van der Waals surface area contributed by atoms with E-state index in [2.05, 4.69) is 5.10 Å². The standard InChI is InChI=1S/C7H12N2O2/c1-9-5-6(4-8-9)7(11)2-3-10/h4-5,7,10-11H,2-3H2,1H3/t7-/m1/s1. The zero-order valence-electron chi connectivity index (χ0n) is 6.44. The highest BCUT2D eigenvalue weighted by atomic mass is 16.3. The summed E-state index contributed by atoms with van der Waals surface area (Å²) in [6, 6.07) is 0. The van der Waals surface area contributed by atoms with Gasteiger partial charge in [-0.2, -0.15) is 5.10 Å². The van der Waals surface area contributed by atoms with Crippen LogP contribution >= 0.6 is 0 Å². The summed E-state index contributed by atoms with van der Waals surface area (Å²) in [6.45, 7) is -0.00391. The molecule has 0 radical (unpaired) electrons. The first-order valence-electron chi connectivity index (χ1n) is 3.51. The average molecular weight is 156 g/mol. The summed E-state index contributed by atoms with van der Waals surface area (Å²) in [5.74, 6) is 0. The fraction of sp³-hybridized carbons (Fsp3) is 0.571. The Morgan fingerprint density at radius 2 is 2.45 bits per heavy atom. The van der Waals surface area contributed by atoms with Crippen LogP contribution in [0.2, 0.25) is 0 Å². The molecule has 0 aliphatic heterocycles. The van der Waals surface area contributed by atoms with Crippen molar-refractivity contribution in [2.75, 3.05) is 6.61 Å². The molecular formula is C7H12N2O2. The van der Waals surface area contributed by atoms with Gasteiger partial charge in [-0.25, -0.2) is 0 Å². The lowest BCUT2D eigenvalue weighted by Gasteiger charge is -2.03. The van der Waals surface area contributed by atoms with Crippen LogP contribution in [0.4, 0.5) is 0 Å². The number of hydrogen-bond donors (Lipinski definition) is 2. The van der Waals surface area contributed by atoms with Crippen molar-refractivity contribution in [1.82, 2.24) is 9.78 Å². The maximum Gasteiger partial charge on any atom is 0.0842 e.